The number of esters is 1. The highest BCUT2D eigenvalue weighted by atomic mass is 16.7. The molecule has 9 nitrogen and oxygen atoms in total. The summed E-state index contributed by atoms with van der Waals surface area (Å²) in [5, 5.41) is 40.4. The van der Waals surface area contributed by atoms with E-state index in [1.807, 2.05) is 0 Å². The van der Waals surface area contributed by atoms with Crippen LogP contribution in [0.1, 0.15) is 316 Å². The quantitative estimate of drug-likeness (QED) is 0.0347. The SMILES string of the molecule is CCCCCCCCCCCCCCCCCCCCCCCCCCC(=O)OC(COCCCCCCCCCCCCCCCCCCCCCCCC)COC1OC(CO)C(O)C(O)C1O. The van der Waals surface area contributed by atoms with Crippen molar-refractivity contribution >= 4 is 5.97 Å². The minimum atomic E-state index is -1.53. The van der Waals surface area contributed by atoms with Gasteiger partial charge in [0.2, 0.25) is 0 Å². The molecule has 1 aliphatic rings. The maximum absolute atomic E-state index is 12.9. The first-order chi connectivity index (χ1) is 33.9. The van der Waals surface area contributed by atoms with Crippen molar-refractivity contribution in [3.63, 3.8) is 0 Å². The number of unbranched alkanes of at least 4 members (excludes halogenated alkanes) is 44. The van der Waals surface area contributed by atoms with Crippen LogP contribution < -0.4 is 0 Å². The molecule has 69 heavy (non-hydrogen) atoms. The lowest BCUT2D eigenvalue weighted by Gasteiger charge is -2.39. The molecule has 0 aromatic carbocycles. The topological polar surface area (TPSA) is 135 Å². The van der Waals surface area contributed by atoms with Crippen LogP contribution in [0.15, 0.2) is 0 Å². The van der Waals surface area contributed by atoms with Crippen molar-refractivity contribution in [1.29, 1.82) is 0 Å². The van der Waals surface area contributed by atoms with Crippen LogP contribution in [0.3, 0.4) is 0 Å². The molecule has 0 aliphatic carbocycles. The van der Waals surface area contributed by atoms with E-state index in [2.05, 4.69) is 13.8 Å². The molecular formula is C60H118O9. The number of ether oxygens (including phenoxy) is 4. The smallest absolute Gasteiger partial charge is 0.306 e. The van der Waals surface area contributed by atoms with Crippen molar-refractivity contribution < 1.29 is 44.2 Å². The van der Waals surface area contributed by atoms with Crippen molar-refractivity contribution in [3.05, 3.63) is 0 Å². The van der Waals surface area contributed by atoms with Crippen LogP contribution >= 0.6 is 0 Å². The summed E-state index contributed by atoms with van der Waals surface area (Å²) in [4.78, 5) is 12.9. The first kappa shape index (κ1) is 66.2. The number of carbonyl (C=O) groups is 1. The van der Waals surface area contributed by atoms with Gasteiger partial charge in [0.05, 0.1) is 19.8 Å². The molecule has 1 saturated heterocycles. The lowest BCUT2D eigenvalue weighted by atomic mass is 9.99. The van der Waals surface area contributed by atoms with Crippen molar-refractivity contribution in [2.75, 3.05) is 26.4 Å². The summed E-state index contributed by atoms with van der Waals surface area (Å²) in [6.45, 7) is 4.66. The molecular weight excluding hydrogens is 865 g/mol. The maximum Gasteiger partial charge on any atom is 0.306 e. The van der Waals surface area contributed by atoms with Crippen molar-refractivity contribution in [1.82, 2.24) is 0 Å². The van der Waals surface area contributed by atoms with E-state index >= 15 is 0 Å². The van der Waals surface area contributed by atoms with Gasteiger partial charge in [-0.3, -0.25) is 4.79 Å². The molecule has 1 rings (SSSR count). The molecule has 412 valence electrons. The van der Waals surface area contributed by atoms with Gasteiger partial charge in [-0.2, -0.15) is 0 Å². The second kappa shape index (κ2) is 52.1. The van der Waals surface area contributed by atoms with Gasteiger partial charge >= 0.3 is 5.97 Å². The average Bonchev–Trinajstić information content (AvgIpc) is 3.35. The molecule has 1 heterocycles. The summed E-state index contributed by atoms with van der Waals surface area (Å²) in [5.41, 5.74) is 0. The standard InChI is InChI=1S/C60H118O9/c1-3-5-7-9-11-13-15-17-19-21-23-25-27-28-29-31-33-35-37-39-41-43-45-47-49-56(62)68-54(53-67-60-59(65)58(64)57(63)55(51-61)69-60)52-66-50-48-46-44-42-40-38-36-34-32-30-26-24-22-20-18-16-14-12-10-8-6-4-2/h54-55,57-61,63-65H,3-53H2,1-2H3. The lowest BCUT2D eigenvalue weighted by Crippen LogP contribution is -2.59. The van der Waals surface area contributed by atoms with Gasteiger partial charge in [0, 0.05) is 13.0 Å². The Morgan fingerprint density at radius 1 is 0.406 bits per heavy atom. The van der Waals surface area contributed by atoms with E-state index < -0.39 is 43.4 Å². The van der Waals surface area contributed by atoms with Crippen LogP contribution in [0.25, 0.3) is 0 Å². The molecule has 0 spiro atoms. The third-order valence-electron chi connectivity index (χ3n) is 14.8. The normalized spacial score (nSPS) is 18.8. The number of carbonyl (C=O) groups excluding carboxylic acids is 1. The fraction of sp³-hybridized carbons (Fsp3) is 0.983. The Balaban J connectivity index is 2.10. The van der Waals surface area contributed by atoms with E-state index in [0.29, 0.717) is 13.0 Å². The molecule has 0 radical (unpaired) electrons. The zero-order chi connectivity index (χ0) is 49.9. The zero-order valence-corrected chi connectivity index (χ0v) is 45.9. The molecule has 0 amide bonds. The van der Waals surface area contributed by atoms with E-state index in [-0.39, 0.29) is 19.2 Å². The number of hydrogen-bond donors (Lipinski definition) is 4. The highest BCUT2D eigenvalue weighted by Gasteiger charge is 2.44. The van der Waals surface area contributed by atoms with Gasteiger partial charge in [-0.25, -0.2) is 0 Å². The summed E-state index contributed by atoms with van der Waals surface area (Å²) in [5.74, 6) is -0.302. The van der Waals surface area contributed by atoms with E-state index in [1.54, 1.807) is 0 Å². The summed E-state index contributed by atoms with van der Waals surface area (Å²) in [7, 11) is 0. The van der Waals surface area contributed by atoms with Crippen LogP contribution in [-0.2, 0) is 23.7 Å². The molecule has 0 saturated carbocycles. The van der Waals surface area contributed by atoms with Gasteiger partial charge in [-0.05, 0) is 12.8 Å². The molecule has 1 aliphatic heterocycles. The fourth-order valence-electron chi connectivity index (χ4n) is 10.0. The first-order valence-corrected chi connectivity index (χ1v) is 30.6. The second-order valence-electron chi connectivity index (χ2n) is 21.5. The van der Waals surface area contributed by atoms with E-state index in [9.17, 15) is 25.2 Å². The Bertz CT molecular complexity index is 1030. The average molecular weight is 984 g/mol. The molecule has 1 fully saturated rings. The Labute approximate surface area is 427 Å². The monoisotopic (exact) mass is 983 g/mol. The Hall–Kier alpha value is -0.810. The summed E-state index contributed by atoms with van der Waals surface area (Å²) < 4.78 is 23.0. The molecule has 6 atom stereocenters. The predicted molar refractivity (Wildman–Crippen MR) is 289 cm³/mol. The van der Waals surface area contributed by atoms with Crippen molar-refractivity contribution in [3.8, 4) is 0 Å². The number of rotatable bonds is 55. The third-order valence-corrected chi connectivity index (χ3v) is 14.8. The molecule has 0 aromatic heterocycles. The summed E-state index contributed by atoms with van der Waals surface area (Å²) in [6, 6.07) is 0. The van der Waals surface area contributed by atoms with Gasteiger partial charge in [-0.1, -0.05) is 296 Å². The van der Waals surface area contributed by atoms with Crippen LogP contribution in [0.5, 0.6) is 0 Å². The highest BCUT2D eigenvalue weighted by molar-refractivity contribution is 5.69. The molecule has 6 unspecified atom stereocenters. The van der Waals surface area contributed by atoms with Crippen LogP contribution in [-0.4, -0.2) is 89.6 Å². The molecule has 0 aromatic rings. The van der Waals surface area contributed by atoms with E-state index in [1.165, 1.54) is 263 Å². The van der Waals surface area contributed by atoms with Crippen LogP contribution in [0.4, 0.5) is 0 Å². The Morgan fingerprint density at radius 2 is 0.710 bits per heavy atom. The van der Waals surface area contributed by atoms with Crippen molar-refractivity contribution in [2.45, 2.75) is 352 Å². The lowest BCUT2D eigenvalue weighted by molar-refractivity contribution is -0.305. The number of hydrogen-bond acceptors (Lipinski definition) is 9. The number of aliphatic hydroxyl groups excluding tert-OH is 4. The third kappa shape index (κ3) is 42.3. The van der Waals surface area contributed by atoms with Crippen molar-refractivity contribution in [2.24, 2.45) is 0 Å². The summed E-state index contributed by atoms with van der Waals surface area (Å²) in [6.07, 6.45) is 54.5. The largest absolute Gasteiger partial charge is 0.457 e. The highest BCUT2D eigenvalue weighted by Crippen LogP contribution is 2.23. The van der Waals surface area contributed by atoms with Crippen LogP contribution in [0.2, 0.25) is 0 Å². The van der Waals surface area contributed by atoms with Gasteiger partial charge in [0.1, 0.15) is 30.5 Å². The Morgan fingerprint density at radius 3 is 1.03 bits per heavy atom. The van der Waals surface area contributed by atoms with Gasteiger partial charge in [-0.15, -0.1) is 0 Å². The second-order valence-corrected chi connectivity index (χ2v) is 21.5. The van der Waals surface area contributed by atoms with E-state index in [4.69, 9.17) is 18.9 Å². The molecule has 0 bridgehead atoms. The van der Waals surface area contributed by atoms with Crippen LogP contribution in [0, 0.1) is 0 Å². The first-order valence-electron chi connectivity index (χ1n) is 30.6. The van der Waals surface area contributed by atoms with Gasteiger partial charge < -0.3 is 39.4 Å². The predicted octanol–water partition coefficient (Wildman–Crippen LogP) is 16.1. The summed E-state index contributed by atoms with van der Waals surface area (Å²) >= 11 is 0. The zero-order valence-electron chi connectivity index (χ0n) is 45.9. The Kier molecular flexibility index (Phi) is 50.0. The van der Waals surface area contributed by atoms with Gasteiger partial charge in [0.15, 0.2) is 6.29 Å². The molecule has 9 heteroatoms. The van der Waals surface area contributed by atoms with Gasteiger partial charge in [0.25, 0.3) is 0 Å². The fourth-order valence-corrected chi connectivity index (χ4v) is 10.0. The number of aliphatic hydroxyl groups is 4. The minimum Gasteiger partial charge on any atom is -0.457 e. The van der Waals surface area contributed by atoms with E-state index in [0.717, 1.165) is 32.1 Å². The maximum atomic E-state index is 12.9. The minimum absolute atomic E-state index is 0.104. The molecule has 4 N–H and O–H groups in total.